The lowest BCUT2D eigenvalue weighted by Crippen LogP contribution is -2.53. The van der Waals surface area contributed by atoms with E-state index in [4.69, 9.17) is 4.74 Å². The van der Waals surface area contributed by atoms with E-state index in [2.05, 4.69) is 23.5 Å². The molecule has 1 aliphatic carbocycles. The normalized spacial score (nSPS) is 20.2. The summed E-state index contributed by atoms with van der Waals surface area (Å²) < 4.78 is 5.06. The van der Waals surface area contributed by atoms with Gasteiger partial charge >= 0.3 is 5.97 Å². The van der Waals surface area contributed by atoms with Gasteiger partial charge in [-0.05, 0) is 48.9 Å². The monoisotopic (exact) mass is 261 g/mol. The number of benzene rings is 1. The molecule has 1 heterocycles. The minimum atomic E-state index is -0.774. The average molecular weight is 261 g/mol. The highest BCUT2D eigenvalue weighted by Gasteiger charge is 2.46. The molecule has 0 radical (unpaired) electrons. The van der Waals surface area contributed by atoms with Crippen LogP contribution in [-0.4, -0.2) is 30.8 Å². The van der Waals surface area contributed by atoms with Crippen LogP contribution in [0, 0.1) is 5.41 Å². The second-order valence-electron chi connectivity index (χ2n) is 5.62. The first kappa shape index (κ1) is 12.5. The fraction of sp³-hybridized carbons (Fsp3) is 0.533. The first-order valence-electron chi connectivity index (χ1n) is 6.86. The number of carboxylic acid groups (broad SMARTS) is 1. The Hall–Kier alpha value is -1.55. The van der Waals surface area contributed by atoms with Crippen molar-refractivity contribution in [2.75, 3.05) is 25.1 Å². The van der Waals surface area contributed by atoms with E-state index in [1.165, 1.54) is 30.4 Å². The first-order chi connectivity index (χ1) is 9.20. The first-order valence-corrected chi connectivity index (χ1v) is 6.86. The molecule has 0 atom stereocenters. The Labute approximate surface area is 112 Å². The van der Waals surface area contributed by atoms with Crippen LogP contribution >= 0.6 is 0 Å². The van der Waals surface area contributed by atoms with Gasteiger partial charge in [-0.2, -0.15) is 0 Å². The molecule has 2 aliphatic rings. The summed E-state index contributed by atoms with van der Waals surface area (Å²) in [7, 11) is 0. The molecule has 0 aromatic heterocycles. The van der Waals surface area contributed by atoms with Crippen molar-refractivity contribution in [1.82, 2.24) is 0 Å². The van der Waals surface area contributed by atoms with Crippen LogP contribution in [0.2, 0.25) is 0 Å². The van der Waals surface area contributed by atoms with Gasteiger partial charge < -0.3 is 15.2 Å². The summed E-state index contributed by atoms with van der Waals surface area (Å²) in [5, 5.41) is 12.5. The maximum atomic E-state index is 11.2. The molecule has 0 unspecified atom stereocenters. The molecule has 0 spiro atoms. The summed E-state index contributed by atoms with van der Waals surface area (Å²) in [4.78, 5) is 11.2. The van der Waals surface area contributed by atoms with Crippen molar-refractivity contribution in [3.63, 3.8) is 0 Å². The number of rotatable bonds is 4. The number of fused-ring (bicyclic) bond motifs is 1. The zero-order valence-corrected chi connectivity index (χ0v) is 10.9. The summed E-state index contributed by atoms with van der Waals surface area (Å²) in [6.07, 6.45) is 4.84. The van der Waals surface area contributed by atoms with Gasteiger partial charge in [-0.25, -0.2) is 0 Å². The van der Waals surface area contributed by atoms with E-state index in [1.54, 1.807) is 0 Å². The number of hydrogen-bond acceptors (Lipinski definition) is 3. The van der Waals surface area contributed by atoms with Gasteiger partial charge in [-0.15, -0.1) is 0 Å². The summed E-state index contributed by atoms with van der Waals surface area (Å²) >= 11 is 0. The molecule has 4 nitrogen and oxygen atoms in total. The van der Waals surface area contributed by atoms with Gasteiger partial charge in [0, 0.05) is 12.2 Å². The van der Waals surface area contributed by atoms with Gasteiger partial charge in [-0.1, -0.05) is 6.07 Å². The average Bonchev–Trinajstić information content (AvgIpc) is 2.37. The zero-order valence-electron chi connectivity index (χ0n) is 10.9. The van der Waals surface area contributed by atoms with Crippen LogP contribution in [0.15, 0.2) is 18.2 Å². The Bertz CT molecular complexity index is 494. The molecule has 1 aliphatic heterocycles. The number of ether oxygens (including phenoxy) is 1. The molecule has 102 valence electrons. The van der Waals surface area contributed by atoms with Crippen molar-refractivity contribution < 1.29 is 14.6 Å². The number of aryl methyl sites for hydroxylation is 2. The topological polar surface area (TPSA) is 58.6 Å². The lowest BCUT2D eigenvalue weighted by Gasteiger charge is -2.37. The number of nitrogens with one attached hydrogen (secondary N) is 1. The number of aliphatic carboxylic acids is 1. The summed E-state index contributed by atoms with van der Waals surface area (Å²) in [5.74, 6) is -0.774. The second kappa shape index (κ2) is 4.85. The van der Waals surface area contributed by atoms with E-state index < -0.39 is 11.4 Å². The highest BCUT2D eigenvalue weighted by atomic mass is 16.5. The predicted molar refractivity (Wildman–Crippen MR) is 72.5 cm³/mol. The molecule has 3 rings (SSSR count). The molecule has 0 saturated carbocycles. The largest absolute Gasteiger partial charge is 0.481 e. The highest BCUT2D eigenvalue weighted by molar-refractivity contribution is 5.77. The molecule has 1 fully saturated rings. The van der Waals surface area contributed by atoms with Crippen LogP contribution in [-0.2, 0) is 22.4 Å². The van der Waals surface area contributed by atoms with Crippen molar-refractivity contribution in [1.29, 1.82) is 0 Å². The summed E-state index contributed by atoms with van der Waals surface area (Å²) in [6.45, 7) is 1.04. The van der Waals surface area contributed by atoms with Gasteiger partial charge in [0.25, 0.3) is 0 Å². The Morgan fingerprint density at radius 2 is 2.00 bits per heavy atom. The summed E-state index contributed by atoms with van der Waals surface area (Å²) in [6, 6.07) is 6.39. The predicted octanol–water partition coefficient (Wildman–Crippen LogP) is 2.08. The van der Waals surface area contributed by atoms with E-state index in [1.807, 2.05) is 0 Å². The summed E-state index contributed by atoms with van der Waals surface area (Å²) in [5.41, 5.74) is 3.13. The standard InChI is InChI=1S/C15H19NO3/c17-14(18)15(9-19-10-15)8-16-13-6-5-11-3-1-2-4-12(11)7-13/h5-7,16H,1-4,8-10H2,(H,17,18). The Kier molecular flexibility index (Phi) is 3.19. The number of carbonyl (C=O) groups is 1. The maximum Gasteiger partial charge on any atom is 0.316 e. The van der Waals surface area contributed by atoms with Crippen molar-refractivity contribution >= 4 is 11.7 Å². The maximum absolute atomic E-state index is 11.2. The van der Waals surface area contributed by atoms with Gasteiger partial charge in [-0.3, -0.25) is 4.79 Å². The lowest BCUT2D eigenvalue weighted by atomic mass is 9.86. The molecule has 0 bridgehead atoms. The lowest BCUT2D eigenvalue weighted by molar-refractivity contribution is -0.176. The van der Waals surface area contributed by atoms with Crippen LogP contribution < -0.4 is 5.32 Å². The van der Waals surface area contributed by atoms with E-state index in [0.717, 1.165) is 12.1 Å². The van der Waals surface area contributed by atoms with E-state index in [0.29, 0.717) is 19.8 Å². The van der Waals surface area contributed by atoms with Crippen LogP contribution in [0.3, 0.4) is 0 Å². The zero-order chi connectivity index (χ0) is 13.3. The highest BCUT2D eigenvalue weighted by Crippen LogP contribution is 2.29. The third kappa shape index (κ3) is 2.32. The number of anilines is 1. The minimum Gasteiger partial charge on any atom is -0.481 e. The Morgan fingerprint density at radius 1 is 1.26 bits per heavy atom. The Morgan fingerprint density at radius 3 is 2.63 bits per heavy atom. The van der Waals surface area contributed by atoms with E-state index in [9.17, 15) is 9.90 Å². The smallest absolute Gasteiger partial charge is 0.316 e. The fourth-order valence-corrected chi connectivity index (χ4v) is 2.76. The third-order valence-corrected chi connectivity index (χ3v) is 4.19. The SMILES string of the molecule is O=C(O)C1(CNc2ccc3c(c2)CCCC3)COC1. The minimum absolute atomic E-state index is 0.306. The van der Waals surface area contributed by atoms with Crippen LogP contribution in [0.25, 0.3) is 0 Å². The van der Waals surface area contributed by atoms with Crippen molar-refractivity contribution in [3.8, 4) is 0 Å². The molecule has 19 heavy (non-hydrogen) atoms. The van der Waals surface area contributed by atoms with Crippen LogP contribution in [0.1, 0.15) is 24.0 Å². The quantitative estimate of drug-likeness (QED) is 0.871. The van der Waals surface area contributed by atoms with Gasteiger partial charge in [0.15, 0.2) is 0 Å². The molecule has 4 heteroatoms. The van der Waals surface area contributed by atoms with Gasteiger partial charge in [0.05, 0.1) is 13.2 Å². The van der Waals surface area contributed by atoms with Crippen LogP contribution in [0.5, 0.6) is 0 Å². The van der Waals surface area contributed by atoms with Gasteiger partial charge in [0.2, 0.25) is 0 Å². The third-order valence-electron chi connectivity index (χ3n) is 4.19. The van der Waals surface area contributed by atoms with Crippen LogP contribution in [0.4, 0.5) is 5.69 Å². The molecule has 1 aromatic rings. The molecule has 0 amide bonds. The van der Waals surface area contributed by atoms with E-state index in [-0.39, 0.29) is 0 Å². The molecular formula is C15H19NO3. The molecule has 2 N–H and O–H groups in total. The number of carboxylic acids is 1. The Balaban J connectivity index is 1.68. The molecule has 1 aromatic carbocycles. The van der Waals surface area contributed by atoms with Crippen molar-refractivity contribution in [2.24, 2.45) is 5.41 Å². The second-order valence-corrected chi connectivity index (χ2v) is 5.62. The fourth-order valence-electron chi connectivity index (χ4n) is 2.76. The van der Waals surface area contributed by atoms with E-state index >= 15 is 0 Å². The van der Waals surface area contributed by atoms with Gasteiger partial charge in [0.1, 0.15) is 5.41 Å². The number of hydrogen-bond donors (Lipinski definition) is 2. The van der Waals surface area contributed by atoms with Crippen molar-refractivity contribution in [2.45, 2.75) is 25.7 Å². The molecular weight excluding hydrogens is 242 g/mol. The molecule has 1 saturated heterocycles. The van der Waals surface area contributed by atoms with Crippen molar-refractivity contribution in [3.05, 3.63) is 29.3 Å².